The fourth-order valence-electron chi connectivity index (χ4n) is 3.81. The molecule has 2 aromatic carbocycles. The minimum atomic E-state index is -0.410. The molecule has 0 atom stereocenters. The SMILES string of the molecule is COC(=O)c1c(NC(=O)CSc2cccc(NC(=O)COc3ccccc3)c2)sc2c1CCCC2. The lowest BCUT2D eigenvalue weighted by molar-refractivity contribution is -0.118. The molecule has 0 radical (unpaired) electrons. The van der Waals surface area contributed by atoms with E-state index in [9.17, 15) is 14.4 Å². The third-order valence-corrected chi connectivity index (χ3v) is 7.62. The molecular formula is C26H26N2O5S2. The zero-order chi connectivity index (χ0) is 24.6. The zero-order valence-electron chi connectivity index (χ0n) is 19.3. The summed E-state index contributed by atoms with van der Waals surface area (Å²) in [7, 11) is 1.36. The minimum Gasteiger partial charge on any atom is -0.484 e. The number of fused-ring (bicyclic) bond motifs is 1. The molecule has 1 aliphatic rings. The molecule has 2 N–H and O–H groups in total. The highest BCUT2D eigenvalue weighted by Gasteiger charge is 2.26. The third-order valence-electron chi connectivity index (χ3n) is 5.41. The first-order chi connectivity index (χ1) is 17.0. The highest BCUT2D eigenvalue weighted by molar-refractivity contribution is 8.00. The number of rotatable bonds is 9. The van der Waals surface area contributed by atoms with Gasteiger partial charge < -0.3 is 20.1 Å². The van der Waals surface area contributed by atoms with Crippen LogP contribution in [0.15, 0.2) is 59.5 Å². The fraction of sp³-hybridized carbons (Fsp3) is 0.269. The van der Waals surface area contributed by atoms with Gasteiger partial charge in [-0.2, -0.15) is 0 Å². The smallest absolute Gasteiger partial charge is 0.341 e. The van der Waals surface area contributed by atoms with Gasteiger partial charge in [-0.3, -0.25) is 9.59 Å². The van der Waals surface area contributed by atoms with Crippen molar-refractivity contribution in [2.45, 2.75) is 30.6 Å². The molecular weight excluding hydrogens is 484 g/mol. The number of carbonyl (C=O) groups is 3. The molecule has 0 unspecified atom stereocenters. The lowest BCUT2D eigenvalue weighted by Crippen LogP contribution is -2.20. The van der Waals surface area contributed by atoms with E-state index in [2.05, 4.69) is 10.6 Å². The number of hydrogen-bond acceptors (Lipinski definition) is 7. The van der Waals surface area contributed by atoms with Crippen LogP contribution in [0.5, 0.6) is 5.75 Å². The first kappa shape index (κ1) is 24.8. The van der Waals surface area contributed by atoms with E-state index < -0.39 is 5.97 Å². The Bertz CT molecular complexity index is 1210. The number of esters is 1. The van der Waals surface area contributed by atoms with Crippen LogP contribution in [0.1, 0.15) is 33.6 Å². The van der Waals surface area contributed by atoms with Crippen LogP contribution in [0, 0.1) is 0 Å². The molecule has 182 valence electrons. The highest BCUT2D eigenvalue weighted by Crippen LogP contribution is 2.38. The van der Waals surface area contributed by atoms with Crippen LogP contribution < -0.4 is 15.4 Å². The molecule has 0 aliphatic heterocycles. The predicted molar refractivity (Wildman–Crippen MR) is 139 cm³/mol. The molecule has 0 fully saturated rings. The molecule has 0 saturated carbocycles. The van der Waals surface area contributed by atoms with Crippen molar-refractivity contribution >= 4 is 51.6 Å². The molecule has 3 aromatic rings. The largest absolute Gasteiger partial charge is 0.484 e. The lowest BCUT2D eigenvalue weighted by atomic mass is 9.95. The van der Waals surface area contributed by atoms with Gasteiger partial charge in [0, 0.05) is 15.5 Å². The van der Waals surface area contributed by atoms with E-state index in [0.717, 1.165) is 41.0 Å². The second-order valence-corrected chi connectivity index (χ2v) is 10.1. The van der Waals surface area contributed by atoms with Crippen molar-refractivity contribution in [1.29, 1.82) is 0 Å². The quantitative estimate of drug-likeness (QED) is 0.305. The summed E-state index contributed by atoms with van der Waals surface area (Å²) >= 11 is 2.81. The second-order valence-electron chi connectivity index (χ2n) is 7.92. The number of aryl methyl sites for hydroxylation is 1. The Morgan fingerprint density at radius 2 is 1.77 bits per heavy atom. The number of amides is 2. The van der Waals surface area contributed by atoms with Gasteiger partial charge in [0.25, 0.3) is 5.91 Å². The Labute approximate surface area is 212 Å². The number of hydrogen-bond donors (Lipinski definition) is 2. The summed E-state index contributed by atoms with van der Waals surface area (Å²) in [5, 5.41) is 6.27. The van der Waals surface area contributed by atoms with Gasteiger partial charge in [-0.05, 0) is 61.6 Å². The van der Waals surface area contributed by atoms with E-state index in [1.807, 2.05) is 36.4 Å². The van der Waals surface area contributed by atoms with Crippen LogP contribution in [0.2, 0.25) is 0 Å². The standard InChI is InChI=1S/C26H26N2O5S2/c1-32-26(31)24-20-12-5-6-13-21(20)35-25(24)28-23(30)16-34-19-11-7-8-17(14-19)27-22(29)15-33-18-9-3-2-4-10-18/h2-4,7-11,14H,5-6,12-13,15-16H2,1H3,(H,27,29)(H,28,30). The molecule has 1 heterocycles. The number of methoxy groups -OCH3 is 1. The number of ether oxygens (including phenoxy) is 2. The zero-order valence-corrected chi connectivity index (χ0v) is 20.9. The Morgan fingerprint density at radius 3 is 2.57 bits per heavy atom. The maximum Gasteiger partial charge on any atom is 0.341 e. The van der Waals surface area contributed by atoms with Crippen LogP contribution in [0.3, 0.4) is 0 Å². The van der Waals surface area contributed by atoms with Crippen molar-refractivity contribution < 1.29 is 23.9 Å². The van der Waals surface area contributed by atoms with Crippen molar-refractivity contribution in [2.75, 3.05) is 30.1 Å². The number of thiophene rings is 1. The molecule has 1 aliphatic carbocycles. The summed E-state index contributed by atoms with van der Waals surface area (Å²) < 4.78 is 10.4. The maximum absolute atomic E-state index is 12.7. The molecule has 0 bridgehead atoms. The average molecular weight is 511 g/mol. The van der Waals surface area contributed by atoms with Crippen LogP contribution >= 0.6 is 23.1 Å². The number of anilines is 2. The summed E-state index contributed by atoms with van der Waals surface area (Å²) in [6, 6.07) is 16.4. The molecule has 7 nitrogen and oxygen atoms in total. The fourth-order valence-corrected chi connectivity index (χ4v) is 5.86. The van der Waals surface area contributed by atoms with Crippen LogP contribution in [0.4, 0.5) is 10.7 Å². The Hall–Kier alpha value is -3.30. The molecule has 2 amide bonds. The topological polar surface area (TPSA) is 93.7 Å². The second kappa shape index (κ2) is 11.9. The summed E-state index contributed by atoms with van der Waals surface area (Å²) in [6.07, 6.45) is 3.87. The van der Waals surface area contributed by atoms with Crippen LogP contribution in [-0.2, 0) is 27.2 Å². The van der Waals surface area contributed by atoms with E-state index >= 15 is 0 Å². The van der Waals surface area contributed by atoms with Crippen LogP contribution in [-0.4, -0.2) is 37.3 Å². The van der Waals surface area contributed by atoms with E-state index in [1.54, 1.807) is 18.2 Å². The third kappa shape index (κ3) is 6.64. The van der Waals surface area contributed by atoms with E-state index in [4.69, 9.17) is 9.47 Å². The normalized spacial score (nSPS) is 12.4. The Kier molecular flexibility index (Phi) is 8.44. The lowest BCUT2D eigenvalue weighted by Gasteiger charge is -2.11. The van der Waals surface area contributed by atoms with Crippen molar-refractivity contribution in [3.05, 3.63) is 70.6 Å². The highest BCUT2D eigenvalue weighted by atomic mass is 32.2. The first-order valence-corrected chi connectivity index (χ1v) is 13.1. The monoisotopic (exact) mass is 510 g/mol. The van der Waals surface area contributed by atoms with Crippen molar-refractivity contribution in [1.82, 2.24) is 0 Å². The van der Waals surface area contributed by atoms with E-state index in [-0.39, 0.29) is 24.2 Å². The summed E-state index contributed by atoms with van der Waals surface area (Å²) in [5.74, 6) is -0.0975. The minimum absolute atomic E-state index is 0.100. The van der Waals surface area contributed by atoms with Gasteiger partial charge in [0.05, 0.1) is 18.4 Å². The van der Waals surface area contributed by atoms with Crippen LogP contribution in [0.25, 0.3) is 0 Å². The molecule has 9 heteroatoms. The number of thioether (sulfide) groups is 1. The number of nitrogens with one attached hydrogen (secondary N) is 2. The van der Waals surface area contributed by atoms with Gasteiger partial charge in [-0.1, -0.05) is 24.3 Å². The summed E-state index contributed by atoms with van der Waals surface area (Å²) in [4.78, 5) is 39.3. The molecule has 4 rings (SSSR count). The maximum atomic E-state index is 12.7. The number of carbonyl (C=O) groups excluding carboxylic acids is 3. The van der Waals surface area contributed by atoms with Gasteiger partial charge in [-0.15, -0.1) is 23.1 Å². The number of para-hydroxylation sites is 1. The van der Waals surface area contributed by atoms with Crippen molar-refractivity contribution in [2.24, 2.45) is 0 Å². The van der Waals surface area contributed by atoms with Crippen molar-refractivity contribution in [3.8, 4) is 5.75 Å². The first-order valence-electron chi connectivity index (χ1n) is 11.3. The molecule has 35 heavy (non-hydrogen) atoms. The Morgan fingerprint density at radius 1 is 0.971 bits per heavy atom. The van der Waals surface area contributed by atoms with Gasteiger partial charge in [-0.25, -0.2) is 4.79 Å². The van der Waals surface area contributed by atoms with Gasteiger partial charge in [0.15, 0.2) is 6.61 Å². The van der Waals surface area contributed by atoms with E-state index in [1.165, 1.54) is 30.2 Å². The summed E-state index contributed by atoms with van der Waals surface area (Å²) in [5.41, 5.74) is 2.12. The average Bonchev–Trinajstić information content (AvgIpc) is 3.24. The predicted octanol–water partition coefficient (Wildman–Crippen LogP) is 5.16. The van der Waals surface area contributed by atoms with Gasteiger partial charge in [0.2, 0.25) is 5.91 Å². The van der Waals surface area contributed by atoms with Gasteiger partial charge in [0.1, 0.15) is 10.8 Å². The molecule has 1 aromatic heterocycles. The number of benzene rings is 2. The molecule has 0 spiro atoms. The van der Waals surface area contributed by atoms with Crippen molar-refractivity contribution in [3.63, 3.8) is 0 Å². The summed E-state index contributed by atoms with van der Waals surface area (Å²) in [6.45, 7) is -0.100. The molecule has 0 saturated heterocycles. The van der Waals surface area contributed by atoms with Gasteiger partial charge >= 0.3 is 5.97 Å². The van der Waals surface area contributed by atoms with E-state index in [0.29, 0.717) is 22.0 Å². The Balaban J connectivity index is 1.32.